The minimum atomic E-state index is -0.110. The molecule has 0 radical (unpaired) electrons. The van der Waals surface area contributed by atoms with Crippen molar-refractivity contribution < 1.29 is 9.53 Å². The molecule has 0 spiro atoms. The molecule has 2 rings (SSSR count). The number of nitrogens with zero attached hydrogens (tertiary/aromatic N) is 3. The molecular formula is C15H19N3O2S. The molecule has 0 unspecified atom stereocenters. The topological polar surface area (TPSA) is 36.0 Å². The number of hydrogen-bond donors (Lipinski definition) is 0. The third kappa shape index (κ3) is 2.71. The van der Waals surface area contributed by atoms with Crippen LogP contribution in [0.15, 0.2) is 23.9 Å². The van der Waals surface area contributed by atoms with Gasteiger partial charge in [-0.2, -0.15) is 0 Å². The standard InChI is InChI=1S/C15H19N3O2S/c1-16(2)11-7-6-10(13(9-11)20-5)8-12-14(19)18(4)15(21)17(12)3/h6-9H,1-5H3/b12-8+. The number of carbonyl (C=O) groups excluding carboxylic acids is 1. The molecule has 1 amide bonds. The van der Waals surface area contributed by atoms with Crippen LogP contribution in [0.3, 0.4) is 0 Å². The van der Waals surface area contributed by atoms with Crippen LogP contribution in [0.25, 0.3) is 6.08 Å². The molecule has 21 heavy (non-hydrogen) atoms. The highest BCUT2D eigenvalue weighted by Gasteiger charge is 2.32. The van der Waals surface area contributed by atoms with E-state index in [1.807, 2.05) is 37.2 Å². The first-order chi connectivity index (χ1) is 9.86. The van der Waals surface area contributed by atoms with Gasteiger partial charge in [0.25, 0.3) is 5.91 Å². The number of amides is 1. The summed E-state index contributed by atoms with van der Waals surface area (Å²) in [4.78, 5) is 17.3. The molecular weight excluding hydrogens is 286 g/mol. The zero-order valence-corrected chi connectivity index (χ0v) is 13.7. The van der Waals surface area contributed by atoms with Crippen LogP contribution in [0.2, 0.25) is 0 Å². The SMILES string of the molecule is COc1cc(N(C)C)ccc1/C=C1\C(=O)N(C)C(=S)N1C. The third-order valence-corrected chi connectivity index (χ3v) is 4.03. The van der Waals surface area contributed by atoms with Crippen molar-refractivity contribution in [1.29, 1.82) is 0 Å². The summed E-state index contributed by atoms with van der Waals surface area (Å²) in [5.41, 5.74) is 2.42. The van der Waals surface area contributed by atoms with Gasteiger partial charge in [-0.15, -0.1) is 0 Å². The van der Waals surface area contributed by atoms with E-state index in [9.17, 15) is 4.79 Å². The molecule has 1 aromatic rings. The first-order valence-electron chi connectivity index (χ1n) is 6.49. The second-order valence-electron chi connectivity index (χ2n) is 5.06. The Morgan fingerprint density at radius 3 is 2.38 bits per heavy atom. The highest BCUT2D eigenvalue weighted by molar-refractivity contribution is 7.80. The number of rotatable bonds is 3. The van der Waals surface area contributed by atoms with Gasteiger partial charge in [0.15, 0.2) is 5.11 Å². The summed E-state index contributed by atoms with van der Waals surface area (Å²) in [5, 5.41) is 0.495. The van der Waals surface area contributed by atoms with Crippen LogP contribution >= 0.6 is 12.2 Å². The van der Waals surface area contributed by atoms with E-state index >= 15 is 0 Å². The molecule has 1 aliphatic heterocycles. The number of methoxy groups -OCH3 is 1. The normalized spacial score (nSPS) is 16.9. The fraction of sp³-hybridized carbons (Fsp3) is 0.333. The van der Waals surface area contributed by atoms with Crippen molar-refractivity contribution in [3.63, 3.8) is 0 Å². The molecule has 1 fully saturated rings. The number of likely N-dealkylation sites (N-methyl/N-ethyl adjacent to an activating group) is 2. The summed E-state index contributed by atoms with van der Waals surface area (Å²) < 4.78 is 5.42. The third-order valence-electron chi connectivity index (χ3n) is 3.48. The van der Waals surface area contributed by atoms with Gasteiger partial charge in [-0.1, -0.05) is 0 Å². The quantitative estimate of drug-likeness (QED) is 0.628. The summed E-state index contributed by atoms with van der Waals surface area (Å²) >= 11 is 5.20. The first kappa shape index (κ1) is 15.3. The van der Waals surface area contributed by atoms with E-state index in [4.69, 9.17) is 17.0 Å². The summed E-state index contributed by atoms with van der Waals surface area (Å²) in [6, 6.07) is 5.86. The van der Waals surface area contributed by atoms with Crippen molar-refractivity contribution in [1.82, 2.24) is 9.80 Å². The van der Waals surface area contributed by atoms with Crippen molar-refractivity contribution in [2.45, 2.75) is 0 Å². The van der Waals surface area contributed by atoms with Crippen molar-refractivity contribution in [3.05, 3.63) is 29.5 Å². The average Bonchev–Trinajstić information content (AvgIpc) is 2.65. The van der Waals surface area contributed by atoms with Gasteiger partial charge in [0.2, 0.25) is 0 Å². The van der Waals surface area contributed by atoms with Gasteiger partial charge in [0.05, 0.1) is 7.11 Å². The molecule has 1 aromatic carbocycles. The molecule has 0 saturated carbocycles. The number of benzene rings is 1. The summed E-state index contributed by atoms with van der Waals surface area (Å²) in [5.74, 6) is 0.608. The maximum absolute atomic E-state index is 12.2. The van der Waals surface area contributed by atoms with Crippen molar-refractivity contribution >= 4 is 35.0 Å². The molecule has 1 saturated heterocycles. The molecule has 1 heterocycles. The lowest BCUT2D eigenvalue weighted by molar-refractivity contribution is -0.121. The molecule has 0 bridgehead atoms. The van der Waals surface area contributed by atoms with Crippen LogP contribution in [0.1, 0.15) is 5.56 Å². The fourth-order valence-electron chi connectivity index (χ4n) is 2.13. The Labute approximate surface area is 130 Å². The largest absolute Gasteiger partial charge is 0.496 e. The van der Waals surface area contributed by atoms with Gasteiger partial charge in [-0.05, 0) is 30.4 Å². The zero-order valence-electron chi connectivity index (χ0n) is 12.9. The number of anilines is 1. The Morgan fingerprint density at radius 1 is 1.24 bits per heavy atom. The lowest BCUT2D eigenvalue weighted by Gasteiger charge is -2.15. The second-order valence-corrected chi connectivity index (χ2v) is 5.42. The highest BCUT2D eigenvalue weighted by atomic mass is 32.1. The van der Waals surface area contributed by atoms with Crippen LogP contribution in [0, 0.1) is 0 Å². The number of carbonyl (C=O) groups is 1. The Balaban J connectivity index is 2.46. The van der Waals surface area contributed by atoms with Crippen LogP contribution < -0.4 is 9.64 Å². The van der Waals surface area contributed by atoms with E-state index in [-0.39, 0.29) is 5.91 Å². The molecule has 112 valence electrons. The number of thiocarbonyl (C=S) groups is 1. The molecule has 6 heteroatoms. The number of ether oxygens (including phenoxy) is 1. The maximum atomic E-state index is 12.2. The van der Waals surface area contributed by atoms with Gasteiger partial charge in [0, 0.05) is 45.5 Å². The minimum Gasteiger partial charge on any atom is -0.496 e. The van der Waals surface area contributed by atoms with E-state index in [0.29, 0.717) is 10.8 Å². The van der Waals surface area contributed by atoms with Crippen molar-refractivity contribution in [2.75, 3.05) is 40.2 Å². The van der Waals surface area contributed by atoms with E-state index in [1.54, 1.807) is 32.2 Å². The summed E-state index contributed by atoms with van der Waals surface area (Å²) in [7, 11) is 9.02. The Kier molecular flexibility index (Phi) is 4.18. The van der Waals surface area contributed by atoms with E-state index in [1.165, 1.54) is 4.90 Å². The number of hydrogen-bond acceptors (Lipinski definition) is 4. The van der Waals surface area contributed by atoms with E-state index in [2.05, 4.69) is 0 Å². The predicted octanol–water partition coefficient (Wildman–Crippen LogP) is 1.79. The van der Waals surface area contributed by atoms with Crippen LogP contribution in [-0.2, 0) is 4.79 Å². The molecule has 0 N–H and O–H groups in total. The monoisotopic (exact) mass is 305 g/mol. The molecule has 5 nitrogen and oxygen atoms in total. The Hall–Kier alpha value is -2.08. The zero-order chi connectivity index (χ0) is 15.7. The molecule has 0 atom stereocenters. The van der Waals surface area contributed by atoms with Gasteiger partial charge in [-0.25, -0.2) is 0 Å². The second kappa shape index (κ2) is 5.73. The van der Waals surface area contributed by atoms with Crippen LogP contribution in [0.5, 0.6) is 5.75 Å². The fourth-order valence-corrected chi connectivity index (χ4v) is 2.31. The van der Waals surface area contributed by atoms with Gasteiger partial charge in [0.1, 0.15) is 11.4 Å². The average molecular weight is 305 g/mol. The Morgan fingerprint density at radius 2 is 1.90 bits per heavy atom. The first-order valence-corrected chi connectivity index (χ1v) is 6.90. The molecule has 0 aliphatic carbocycles. The minimum absolute atomic E-state index is 0.110. The summed E-state index contributed by atoms with van der Waals surface area (Å²) in [6.45, 7) is 0. The lowest BCUT2D eigenvalue weighted by Crippen LogP contribution is -2.26. The maximum Gasteiger partial charge on any atom is 0.276 e. The van der Waals surface area contributed by atoms with Crippen LogP contribution in [0.4, 0.5) is 5.69 Å². The summed E-state index contributed by atoms with van der Waals surface area (Å²) in [6.07, 6.45) is 1.80. The van der Waals surface area contributed by atoms with Crippen molar-refractivity contribution in [3.8, 4) is 5.75 Å². The highest BCUT2D eigenvalue weighted by Crippen LogP contribution is 2.29. The van der Waals surface area contributed by atoms with E-state index < -0.39 is 0 Å². The smallest absolute Gasteiger partial charge is 0.276 e. The molecule has 1 aliphatic rings. The van der Waals surface area contributed by atoms with Gasteiger partial charge < -0.3 is 14.5 Å². The lowest BCUT2D eigenvalue weighted by atomic mass is 10.1. The molecule has 0 aromatic heterocycles. The van der Waals surface area contributed by atoms with Gasteiger partial charge in [-0.3, -0.25) is 9.69 Å². The Bertz CT molecular complexity index is 625. The van der Waals surface area contributed by atoms with Crippen LogP contribution in [-0.4, -0.2) is 56.1 Å². The predicted molar refractivity (Wildman–Crippen MR) is 88.4 cm³/mol. The van der Waals surface area contributed by atoms with Crippen molar-refractivity contribution in [2.24, 2.45) is 0 Å². The van der Waals surface area contributed by atoms with Gasteiger partial charge >= 0.3 is 0 Å². The van der Waals surface area contributed by atoms with E-state index in [0.717, 1.165) is 17.0 Å².